The van der Waals surface area contributed by atoms with Gasteiger partial charge in [0.2, 0.25) is 0 Å². The van der Waals surface area contributed by atoms with Crippen LogP contribution < -0.4 is 0 Å². The van der Waals surface area contributed by atoms with Gasteiger partial charge >= 0.3 is 0 Å². The molecule has 0 fully saturated rings. The van der Waals surface area contributed by atoms with Gasteiger partial charge in [-0.2, -0.15) is 0 Å². The third-order valence-electron chi connectivity index (χ3n) is 0.740. The summed E-state index contributed by atoms with van der Waals surface area (Å²) >= 11 is 0. The molecule has 0 heterocycles. The number of hydrogen-bond acceptors (Lipinski definition) is 0. The van der Waals surface area contributed by atoms with Crippen molar-refractivity contribution in [1.29, 1.82) is 0 Å². The van der Waals surface area contributed by atoms with Gasteiger partial charge in [0.25, 0.3) is 0 Å². The van der Waals surface area contributed by atoms with Gasteiger partial charge in [-0.05, 0) is 13.1 Å². The van der Waals surface area contributed by atoms with Crippen molar-refractivity contribution in [3.63, 3.8) is 0 Å². The van der Waals surface area contributed by atoms with Crippen LogP contribution in [0.5, 0.6) is 0 Å². The van der Waals surface area contributed by atoms with E-state index in [1.54, 1.807) is 0 Å². The molecule has 0 saturated carbocycles. The predicted molar refractivity (Wildman–Crippen MR) is 38.3 cm³/mol. The second kappa shape index (κ2) is 6.17. The van der Waals surface area contributed by atoms with E-state index in [1.165, 1.54) is 12.8 Å². The van der Waals surface area contributed by atoms with Crippen LogP contribution in [-0.2, 0) is 0 Å². The third kappa shape index (κ3) is 6.17. The third-order valence-corrected chi connectivity index (χ3v) is 1.31. The standard InChI is InChI=1S/C6H13P/c1-3-4-5-6-7-2/h5-7H,3-4H2,1-2H3. The molecule has 0 saturated heterocycles. The Labute approximate surface area is 47.8 Å². The van der Waals surface area contributed by atoms with Crippen LogP contribution in [0.2, 0.25) is 0 Å². The predicted octanol–water partition coefficient (Wildman–Crippen LogP) is 2.61. The first-order valence-corrected chi connectivity index (χ1v) is 4.31. The number of unbranched alkanes of at least 4 members (excludes halogenated alkanes) is 1. The maximum absolute atomic E-state index is 2.25. The summed E-state index contributed by atoms with van der Waals surface area (Å²) in [6.07, 6.45) is 4.78. The highest BCUT2D eigenvalue weighted by Crippen LogP contribution is 2.04. The molecular formula is C6H13P. The lowest BCUT2D eigenvalue weighted by Crippen LogP contribution is -1.55. The zero-order valence-corrected chi connectivity index (χ0v) is 6.07. The molecule has 0 rings (SSSR count). The van der Waals surface area contributed by atoms with Crippen molar-refractivity contribution in [2.75, 3.05) is 6.66 Å². The van der Waals surface area contributed by atoms with Crippen molar-refractivity contribution in [1.82, 2.24) is 0 Å². The van der Waals surface area contributed by atoms with Crippen LogP contribution in [0, 0.1) is 0 Å². The van der Waals surface area contributed by atoms with Gasteiger partial charge in [-0.25, -0.2) is 0 Å². The molecule has 0 aromatic heterocycles. The highest BCUT2D eigenvalue weighted by molar-refractivity contribution is 7.40. The second-order valence-electron chi connectivity index (χ2n) is 1.48. The van der Waals surface area contributed by atoms with Crippen molar-refractivity contribution < 1.29 is 0 Å². The van der Waals surface area contributed by atoms with Gasteiger partial charge in [0, 0.05) is 0 Å². The maximum atomic E-state index is 2.25. The molecule has 1 heteroatoms. The molecule has 1 atom stereocenters. The molecule has 1 unspecified atom stereocenters. The second-order valence-corrected chi connectivity index (χ2v) is 2.39. The molecule has 0 spiro atoms. The molecule has 0 aromatic rings. The van der Waals surface area contributed by atoms with E-state index >= 15 is 0 Å². The van der Waals surface area contributed by atoms with E-state index in [2.05, 4.69) is 25.5 Å². The van der Waals surface area contributed by atoms with Crippen LogP contribution in [0.25, 0.3) is 0 Å². The normalized spacial score (nSPS) is 12.3. The summed E-state index contributed by atoms with van der Waals surface area (Å²) in [6.45, 7) is 4.38. The van der Waals surface area contributed by atoms with Crippen LogP contribution >= 0.6 is 8.58 Å². The van der Waals surface area contributed by atoms with E-state index in [0.29, 0.717) is 0 Å². The summed E-state index contributed by atoms with van der Waals surface area (Å²) in [6, 6.07) is 0. The monoisotopic (exact) mass is 116 g/mol. The van der Waals surface area contributed by atoms with Gasteiger partial charge in [0.15, 0.2) is 0 Å². The Hall–Kier alpha value is 0.170. The first-order chi connectivity index (χ1) is 3.41. The molecule has 0 amide bonds. The van der Waals surface area contributed by atoms with E-state index in [9.17, 15) is 0 Å². The lowest BCUT2D eigenvalue weighted by Gasteiger charge is -1.79. The Kier molecular flexibility index (Phi) is 6.32. The maximum Gasteiger partial charge on any atom is -0.0350 e. The summed E-state index contributed by atoms with van der Waals surface area (Å²) in [4.78, 5) is 0. The quantitative estimate of drug-likeness (QED) is 0.497. The lowest BCUT2D eigenvalue weighted by atomic mass is 10.3. The summed E-state index contributed by atoms with van der Waals surface area (Å²) in [7, 11) is 0.987. The molecule has 0 aliphatic heterocycles. The molecule has 7 heavy (non-hydrogen) atoms. The Morgan fingerprint density at radius 3 is 2.71 bits per heavy atom. The largest absolute Gasteiger partial charge is 0.102 e. The minimum atomic E-state index is 0.987. The van der Waals surface area contributed by atoms with Crippen molar-refractivity contribution in [2.24, 2.45) is 0 Å². The fraction of sp³-hybridized carbons (Fsp3) is 0.667. The van der Waals surface area contributed by atoms with Gasteiger partial charge in [0.05, 0.1) is 0 Å². The van der Waals surface area contributed by atoms with E-state index in [-0.39, 0.29) is 0 Å². The van der Waals surface area contributed by atoms with E-state index < -0.39 is 0 Å². The fourth-order valence-electron chi connectivity index (χ4n) is 0.368. The van der Waals surface area contributed by atoms with Crippen molar-refractivity contribution in [3.8, 4) is 0 Å². The van der Waals surface area contributed by atoms with Gasteiger partial charge in [-0.1, -0.05) is 25.2 Å². The molecule has 0 radical (unpaired) electrons. The number of hydrogen-bond donors (Lipinski definition) is 0. The Morgan fingerprint density at radius 2 is 2.29 bits per heavy atom. The number of allylic oxidation sites excluding steroid dienone is 1. The molecule has 0 N–H and O–H groups in total. The van der Waals surface area contributed by atoms with E-state index in [0.717, 1.165) is 8.58 Å². The Morgan fingerprint density at radius 1 is 1.57 bits per heavy atom. The highest BCUT2D eigenvalue weighted by Gasteiger charge is 1.67. The summed E-state index contributed by atoms with van der Waals surface area (Å²) < 4.78 is 0. The zero-order chi connectivity index (χ0) is 5.54. The molecule has 42 valence electrons. The molecule has 0 aromatic carbocycles. The topological polar surface area (TPSA) is 0 Å². The minimum Gasteiger partial charge on any atom is -0.102 e. The first kappa shape index (κ1) is 7.17. The van der Waals surface area contributed by atoms with Crippen LogP contribution in [0.15, 0.2) is 11.9 Å². The van der Waals surface area contributed by atoms with Gasteiger partial charge in [-0.3, -0.25) is 0 Å². The molecule has 0 bridgehead atoms. The summed E-state index contributed by atoms with van der Waals surface area (Å²) in [5, 5.41) is 0. The average Bonchev–Trinajstić information content (AvgIpc) is 1.69. The first-order valence-electron chi connectivity index (χ1n) is 2.74. The van der Waals surface area contributed by atoms with Crippen LogP contribution in [-0.4, -0.2) is 6.66 Å². The van der Waals surface area contributed by atoms with E-state index in [1.807, 2.05) is 0 Å². The van der Waals surface area contributed by atoms with Gasteiger partial charge < -0.3 is 0 Å². The van der Waals surface area contributed by atoms with Crippen LogP contribution in [0.4, 0.5) is 0 Å². The fourth-order valence-corrected chi connectivity index (χ4v) is 0.770. The minimum absolute atomic E-state index is 0.987. The highest BCUT2D eigenvalue weighted by atomic mass is 31.1. The SMILES string of the molecule is CCCC=CPC. The molecule has 0 aliphatic carbocycles. The van der Waals surface area contributed by atoms with E-state index in [4.69, 9.17) is 0 Å². The van der Waals surface area contributed by atoms with Crippen molar-refractivity contribution in [3.05, 3.63) is 11.9 Å². The molecule has 0 aliphatic rings. The summed E-state index contributed by atoms with van der Waals surface area (Å²) in [5.41, 5.74) is 0. The lowest BCUT2D eigenvalue weighted by molar-refractivity contribution is 0.960. The van der Waals surface area contributed by atoms with Crippen molar-refractivity contribution >= 4 is 8.58 Å². The smallest absolute Gasteiger partial charge is 0.0350 e. The van der Waals surface area contributed by atoms with Gasteiger partial charge in [-0.15, -0.1) is 8.58 Å². The zero-order valence-electron chi connectivity index (χ0n) is 5.07. The van der Waals surface area contributed by atoms with Crippen LogP contribution in [0.1, 0.15) is 19.8 Å². The summed E-state index contributed by atoms with van der Waals surface area (Å²) in [5.74, 6) is 2.24. The molecule has 0 nitrogen and oxygen atoms in total. The average molecular weight is 116 g/mol. The Bertz CT molecular complexity index is 48.1. The Balaban J connectivity index is 2.78. The van der Waals surface area contributed by atoms with Crippen molar-refractivity contribution in [2.45, 2.75) is 19.8 Å². The molecular weight excluding hydrogens is 103 g/mol. The van der Waals surface area contributed by atoms with Crippen LogP contribution in [0.3, 0.4) is 0 Å². The van der Waals surface area contributed by atoms with Gasteiger partial charge in [0.1, 0.15) is 0 Å². The number of rotatable bonds is 3.